The molecule has 3 aromatic rings. The van der Waals surface area contributed by atoms with Gasteiger partial charge >= 0.3 is 6.03 Å². The first-order valence-electron chi connectivity index (χ1n) is 6.55. The number of rotatable bonds is 3. The van der Waals surface area contributed by atoms with Crippen molar-refractivity contribution in [3.8, 4) is 0 Å². The van der Waals surface area contributed by atoms with Gasteiger partial charge in [-0.3, -0.25) is 4.40 Å². The Morgan fingerprint density at radius 1 is 1.14 bits per heavy atom. The van der Waals surface area contributed by atoms with Gasteiger partial charge in [0.25, 0.3) is 0 Å². The molecule has 2 heterocycles. The van der Waals surface area contributed by atoms with Crippen molar-refractivity contribution in [2.75, 3.05) is 5.32 Å². The van der Waals surface area contributed by atoms with E-state index in [2.05, 4.69) is 15.6 Å². The van der Waals surface area contributed by atoms with Crippen molar-refractivity contribution in [2.24, 2.45) is 0 Å². The minimum absolute atomic E-state index is 0.303. The molecule has 0 unspecified atom stereocenters. The highest BCUT2D eigenvalue weighted by molar-refractivity contribution is 6.30. The molecule has 0 fully saturated rings. The molecule has 112 valence electrons. The minimum Gasteiger partial charge on any atom is -0.332 e. The fourth-order valence-electron chi connectivity index (χ4n) is 1.99. The van der Waals surface area contributed by atoms with Crippen LogP contribution >= 0.6 is 23.2 Å². The van der Waals surface area contributed by atoms with Crippen LogP contribution in [0.1, 0.15) is 5.69 Å². The van der Waals surface area contributed by atoms with Crippen LogP contribution in [0.4, 0.5) is 10.5 Å². The fourth-order valence-corrected chi connectivity index (χ4v) is 2.33. The van der Waals surface area contributed by atoms with Crippen LogP contribution in [-0.2, 0) is 6.54 Å². The first kappa shape index (κ1) is 14.7. The summed E-state index contributed by atoms with van der Waals surface area (Å²) in [6.45, 7) is 0.303. The molecule has 0 bridgehead atoms. The third kappa shape index (κ3) is 3.32. The first-order chi connectivity index (χ1) is 10.6. The van der Waals surface area contributed by atoms with Gasteiger partial charge in [-0.1, -0.05) is 29.3 Å². The van der Waals surface area contributed by atoms with E-state index in [1.807, 2.05) is 12.1 Å². The van der Waals surface area contributed by atoms with Crippen LogP contribution in [0.5, 0.6) is 0 Å². The largest absolute Gasteiger partial charge is 0.332 e. The van der Waals surface area contributed by atoms with Crippen molar-refractivity contribution in [2.45, 2.75) is 6.54 Å². The SMILES string of the molecule is O=C(NCc1cn2c(Cl)cccc2n1)Nc1ccc(Cl)cc1. The Balaban J connectivity index is 1.62. The normalized spacial score (nSPS) is 10.6. The zero-order valence-electron chi connectivity index (χ0n) is 11.4. The summed E-state index contributed by atoms with van der Waals surface area (Å²) in [5, 5.41) is 6.64. The molecule has 1 aromatic carbocycles. The van der Waals surface area contributed by atoms with E-state index in [-0.39, 0.29) is 6.03 Å². The van der Waals surface area contributed by atoms with Gasteiger partial charge in [0.2, 0.25) is 0 Å². The van der Waals surface area contributed by atoms with E-state index < -0.39 is 0 Å². The average Bonchev–Trinajstić information content (AvgIpc) is 2.92. The predicted octanol–water partition coefficient (Wildman–Crippen LogP) is 3.96. The van der Waals surface area contributed by atoms with Crippen LogP contribution in [0.3, 0.4) is 0 Å². The molecule has 3 rings (SSSR count). The van der Waals surface area contributed by atoms with Crippen LogP contribution in [0.15, 0.2) is 48.7 Å². The van der Waals surface area contributed by atoms with Crippen molar-refractivity contribution in [1.82, 2.24) is 14.7 Å². The Bertz CT molecular complexity index is 814. The van der Waals surface area contributed by atoms with Crippen molar-refractivity contribution in [3.63, 3.8) is 0 Å². The molecule has 2 aromatic heterocycles. The molecular formula is C15H12Cl2N4O. The summed E-state index contributed by atoms with van der Waals surface area (Å²) >= 11 is 11.9. The number of aromatic nitrogens is 2. The van der Waals surface area contributed by atoms with Gasteiger partial charge in [0, 0.05) is 16.9 Å². The Morgan fingerprint density at radius 2 is 1.91 bits per heavy atom. The van der Waals surface area contributed by atoms with Gasteiger partial charge in [-0.15, -0.1) is 0 Å². The molecule has 0 saturated carbocycles. The molecule has 5 nitrogen and oxygen atoms in total. The first-order valence-corrected chi connectivity index (χ1v) is 7.30. The second-order valence-corrected chi connectivity index (χ2v) is 5.45. The molecule has 2 amide bonds. The van der Waals surface area contributed by atoms with E-state index in [4.69, 9.17) is 23.2 Å². The number of anilines is 1. The summed E-state index contributed by atoms with van der Waals surface area (Å²) in [6.07, 6.45) is 1.79. The van der Waals surface area contributed by atoms with E-state index in [0.717, 1.165) is 11.3 Å². The zero-order chi connectivity index (χ0) is 15.5. The lowest BCUT2D eigenvalue weighted by atomic mass is 10.3. The number of carbonyl (C=O) groups excluding carboxylic acids is 1. The zero-order valence-corrected chi connectivity index (χ0v) is 12.9. The van der Waals surface area contributed by atoms with Crippen LogP contribution in [-0.4, -0.2) is 15.4 Å². The monoisotopic (exact) mass is 334 g/mol. The molecule has 0 spiro atoms. The molecule has 2 N–H and O–H groups in total. The molecule has 0 atom stereocenters. The van der Waals surface area contributed by atoms with Gasteiger partial charge in [-0.2, -0.15) is 0 Å². The van der Waals surface area contributed by atoms with Gasteiger partial charge < -0.3 is 10.6 Å². The standard InChI is InChI=1S/C15H12Cl2N4O/c16-10-4-6-11(7-5-10)20-15(22)18-8-12-9-21-13(17)2-1-3-14(21)19-12/h1-7,9H,8H2,(H2,18,20,22). The van der Waals surface area contributed by atoms with Gasteiger partial charge in [0.1, 0.15) is 10.8 Å². The molecule has 0 saturated heterocycles. The highest BCUT2D eigenvalue weighted by atomic mass is 35.5. The number of carbonyl (C=O) groups is 1. The number of halogens is 2. The third-order valence-electron chi connectivity index (χ3n) is 3.02. The number of hydrogen-bond donors (Lipinski definition) is 2. The average molecular weight is 335 g/mol. The topological polar surface area (TPSA) is 58.4 Å². The van der Waals surface area contributed by atoms with E-state index >= 15 is 0 Å². The van der Waals surface area contributed by atoms with Crippen LogP contribution in [0.2, 0.25) is 10.2 Å². The van der Waals surface area contributed by atoms with Crippen LogP contribution in [0.25, 0.3) is 5.65 Å². The lowest BCUT2D eigenvalue weighted by molar-refractivity contribution is 0.251. The Hall–Kier alpha value is -2.24. The lowest BCUT2D eigenvalue weighted by Gasteiger charge is -2.06. The number of nitrogens with zero attached hydrogens (tertiary/aromatic N) is 2. The summed E-state index contributed by atoms with van der Waals surface area (Å²) in [4.78, 5) is 16.2. The predicted molar refractivity (Wildman–Crippen MR) is 87.5 cm³/mol. The number of urea groups is 1. The summed E-state index contributed by atoms with van der Waals surface area (Å²) in [5.41, 5.74) is 2.13. The van der Waals surface area contributed by atoms with Gasteiger partial charge in [-0.05, 0) is 36.4 Å². The van der Waals surface area contributed by atoms with Crippen molar-refractivity contribution in [3.05, 3.63) is 64.5 Å². The Morgan fingerprint density at radius 3 is 2.64 bits per heavy atom. The maximum atomic E-state index is 11.8. The van der Waals surface area contributed by atoms with Gasteiger partial charge in [0.15, 0.2) is 0 Å². The summed E-state index contributed by atoms with van der Waals surface area (Å²) in [6, 6.07) is 12.0. The van der Waals surface area contributed by atoms with E-state index in [0.29, 0.717) is 22.4 Å². The van der Waals surface area contributed by atoms with Crippen LogP contribution < -0.4 is 10.6 Å². The number of pyridine rings is 1. The quantitative estimate of drug-likeness (QED) is 0.712. The third-order valence-corrected chi connectivity index (χ3v) is 3.58. The van der Waals surface area contributed by atoms with Gasteiger partial charge in [-0.25, -0.2) is 9.78 Å². The number of amides is 2. The highest BCUT2D eigenvalue weighted by Crippen LogP contribution is 2.14. The Kier molecular flexibility index (Phi) is 4.18. The molecule has 0 radical (unpaired) electrons. The molecule has 0 aliphatic heterocycles. The van der Waals surface area contributed by atoms with E-state index in [1.165, 1.54) is 0 Å². The number of benzene rings is 1. The van der Waals surface area contributed by atoms with Crippen molar-refractivity contribution < 1.29 is 4.79 Å². The summed E-state index contributed by atoms with van der Waals surface area (Å²) in [5.74, 6) is 0. The second-order valence-electron chi connectivity index (χ2n) is 4.62. The second kappa shape index (κ2) is 6.25. The molecule has 7 heteroatoms. The van der Waals surface area contributed by atoms with E-state index in [1.54, 1.807) is 40.9 Å². The molecular weight excluding hydrogens is 323 g/mol. The van der Waals surface area contributed by atoms with Crippen molar-refractivity contribution >= 4 is 40.6 Å². The fraction of sp³-hybridized carbons (Fsp3) is 0.0667. The Labute approximate surface area is 136 Å². The smallest absolute Gasteiger partial charge is 0.319 e. The lowest BCUT2D eigenvalue weighted by Crippen LogP contribution is -2.28. The number of hydrogen-bond acceptors (Lipinski definition) is 2. The number of nitrogens with one attached hydrogen (secondary N) is 2. The maximum absolute atomic E-state index is 11.8. The van der Waals surface area contributed by atoms with E-state index in [9.17, 15) is 4.79 Å². The maximum Gasteiger partial charge on any atom is 0.319 e. The number of fused-ring (bicyclic) bond motifs is 1. The summed E-state index contributed by atoms with van der Waals surface area (Å²) in [7, 11) is 0. The number of imidazole rings is 1. The minimum atomic E-state index is -0.314. The highest BCUT2D eigenvalue weighted by Gasteiger charge is 2.06. The van der Waals surface area contributed by atoms with Crippen molar-refractivity contribution in [1.29, 1.82) is 0 Å². The molecule has 22 heavy (non-hydrogen) atoms. The van der Waals surface area contributed by atoms with Crippen LogP contribution in [0, 0.1) is 0 Å². The van der Waals surface area contributed by atoms with Gasteiger partial charge in [0.05, 0.1) is 12.2 Å². The molecule has 0 aliphatic carbocycles. The molecule has 0 aliphatic rings. The summed E-state index contributed by atoms with van der Waals surface area (Å²) < 4.78 is 1.76.